The number of methoxy groups -OCH3 is 1. The predicted molar refractivity (Wildman–Crippen MR) is 130 cm³/mol. The van der Waals surface area contributed by atoms with E-state index in [0.29, 0.717) is 42.3 Å². The maximum Gasteiger partial charge on any atom is 0.257 e. The highest BCUT2D eigenvalue weighted by molar-refractivity contribution is 6.07. The Bertz CT molecular complexity index is 1100. The van der Waals surface area contributed by atoms with Crippen LogP contribution in [-0.2, 0) is 16.9 Å². The summed E-state index contributed by atoms with van der Waals surface area (Å²) in [5, 5.41) is 13.8. The molecule has 2 aromatic carbocycles. The van der Waals surface area contributed by atoms with Gasteiger partial charge in [-0.15, -0.1) is 0 Å². The SMILES string of the molecule is CCOc1cc([C@@](C)(CC(C)(C)O)N2Cc3cccc(NC(=O)C4CC4)c3C2=O)ccc1OC. The van der Waals surface area contributed by atoms with Gasteiger partial charge in [0.25, 0.3) is 5.91 Å². The van der Waals surface area contributed by atoms with Crippen LogP contribution in [0, 0.1) is 5.92 Å². The lowest BCUT2D eigenvalue weighted by Gasteiger charge is -2.43. The number of carbonyl (C=O) groups excluding carboxylic acids is 2. The molecule has 2 N–H and O–H groups in total. The molecule has 7 nitrogen and oxygen atoms in total. The second kappa shape index (κ2) is 8.95. The molecule has 2 aromatic rings. The first kappa shape index (κ1) is 24.1. The Labute approximate surface area is 201 Å². The molecule has 0 saturated heterocycles. The molecule has 2 amide bonds. The molecule has 1 heterocycles. The first-order valence-corrected chi connectivity index (χ1v) is 11.9. The standard InChI is InChI=1S/C27H34N2O5/c1-6-34-22-14-19(12-13-21(22)33-5)27(4,16-26(2,3)32)29-15-18-8-7-9-20(23(18)25(29)31)28-24(30)17-10-11-17/h7-9,12-14,17,32H,6,10-11,15-16H2,1-5H3,(H,28,30)/t27-/m1/s1. The largest absolute Gasteiger partial charge is 0.493 e. The van der Waals surface area contributed by atoms with E-state index >= 15 is 0 Å². The molecule has 0 unspecified atom stereocenters. The average Bonchev–Trinajstić information content (AvgIpc) is 3.56. The zero-order chi connectivity index (χ0) is 24.7. The molecule has 1 atom stereocenters. The number of hydrogen-bond acceptors (Lipinski definition) is 5. The number of fused-ring (bicyclic) bond motifs is 1. The van der Waals surface area contributed by atoms with Crippen molar-refractivity contribution in [1.29, 1.82) is 0 Å². The number of aliphatic hydroxyl groups is 1. The third-order valence-electron chi connectivity index (χ3n) is 6.60. The number of hydrogen-bond donors (Lipinski definition) is 2. The summed E-state index contributed by atoms with van der Waals surface area (Å²) < 4.78 is 11.2. The van der Waals surface area contributed by atoms with Gasteiger partial charge in [-0.2, -0.15) is 0 Å². The van der Waals surface area contributed by atoms with Gasteiger partial charge in [-0.3, -0.25) is 9.59 Å². The van der Waals surface area contributed by atoms with Crippen LogP contribution in [0.5, 0.6) is 11.5 Å². The van der Waals surface area contributed by atoms with Crippen molar-refractivity contribution in [2.75, 3.05) is 19.0 Å². The van der Waals surface area contributed by atoms with E-state index in [2.05, 4.69) is 5.32 Å². The minimum Gasteiger partial charge on any atom is -0.493 e. The van der Waals surface area contributed by atoms with Gasteiger partial charge in [0.1, 0.15) is 0 Å². The highest BCUT2D eigenvalue weighted by Gasteiger charge is 2.46. The zero-order valence-electron chi connectivity index (χ0n) is 20.6. The van der Waals surface area contributed by atoms with Crippen LogP contribution in [0.2, 0.25) is 0 Å². The molecule has 1 aliphatic carbocycles. The zero-order valence-corrected chi connectivity index (χ0v) is 20.6. The third-order valence-corrected chi connectivity index (χ3v) is 6.60. The molecule has 4 rings (SSSR count). The Kier molecular flexibility index (Phi) is 6.34. The van der Waals surface area contributed by atoms with Crippen LogP contribution in [0.25, 0.3) is 0 Å². The number of carbonyl (C=O) groups is 2. The van der Waals surface area contributed by atoms with E-state index < -0.39 is 11.1 Å². The number of rotatable bonds is 9. The van der Waals surface area contributed by atoms with Crippen LogP contribution in [0.3, 0.4) is 0 Å². The molecular weight excluding hydrogens is 432 g/mol. The van der Waals surface area contributed by atoms with Gasteiger partial charge in [-0.1, -0.05) is 18.2 Å². The lowest BCUT2D eigenvalue weighted by atomic mass is 9.80. The fourth-order valence-corrected chi connectivity index (χ4v) is 4.92. The van der Waals surface area contributed by atoms with E-state index in [1.54, 1.807) is 31.9 Å². The number of nitrogens with one attached hydrogen (secondary N) is 1. The summed E-state index contributed by atoms with van der Waals surface area (Å²) in [4.78, 5) is 28.1. The maximum absolute atomic E-state index is 13.9. The summed E-state index contributed by atoms with van der Waals surface area (Å²) in [6, 6.07) is 11.2. The summed E-state index contributed by atoms with van der Waals surface area (Å²) in [7, 11) is 1.59. The third kappa shape index (κ3) is 4.62. The number of amides is 2. The minimum atomic E-state index is -1.04. The van der Waals surface area contributed by atoms with Gasteiger partial charge in [0.2, 0.25) is 5.91 Å². The monoisotopic (exact) mass is 466 g/mol. The lowest BCUT2D eigenvalue weighted by molar-refractivity contribution is -0.117. The molecule has 0 bridgehead atoms. The Hall–Kier alpha value is -3.06. The van der Waals surface area contributed by atoms with Gasteiger partial charge in [0, 0.05) is 18.9 Å². The van der Waals surface area contributed by atoms with Crippen LogP contribution < -0.4 is 14.8 Å². The molecule has 0 aromatic heterocycles. The maximum atomic E-state index is 13.9. The second-order valence-corrected chi connectivity index (χ2v) is 10.1. The summed E-state index contributed by atoms with van der Waals surface area (Å²) in [5.41, 5.74) is 0.889. The summed E-state index contributed by atoms with van der Waals surface area (Å²) in [6.07, 6.45) is 2.09. The van der Waals surface area contributed by atoms with Crippen molar-refractivity contribution in [2.24, 2.45) is 5.92 Å². The van der Waals surface area contributed by atoms with Crippen LogP contribution >= 0.6 is 0 Å². The lowest BCUT2D eigenvalue weighted by Crippen LogP contribution is -2.48. The summed E-state index contributed by atoms with van der Waals surface area (Å²) >= 11 is 0. The fourth-order valence-electron chi connectivity index (χ4n) is 4.92. The molecule has 1 saturated carbocycles. The first-order valence-electron chi connectivity index (χ1n) is 11.9. The Balaban J connectivity index is 1.75. The van der Waals surface area contributed by atoms with Gasteiger partial charge < -0.3 is 24.8 Å². The van der Waals surface area contributed by atoms with Crippen LogP contribution in [0.1, 0.15) is 68.4 Å². The quantitative estimate of drug-likeness (QED) is 0.569. The van der Waals surface area contributed by atoms with Crippen molar-refractivity contribution in [2.45, 2.75) is 64.6 Å². The van der Waals surface area contributed by atoms with Gasteiger partial charge in [-0.05, 0) is 69.9 Å². The molecule has 7 heteroatoms. The van der Waals surface area contributed by atoms with Crippen molar-refractivity contribution in [1.82, 2.24) is 4.90 Å². The first-order chi connectivity index (χ1) is 16.1. The van der Waals surface area contributed by atoms with Gasteiger partial charge >= 0.3 is 0 Å². The molecule has 0 radical (unpaired) electrons. The van der Waals surface area contributed by atoms with Gasteiger partial charge in [0.15, 0.2) is 11.5 Å². The molecular formula is C27H34N2O5. The molecule has 0 spiro atoms. The van der Waals surface area contributed by atoms with Crippen molar-refractivity contribution in [3.63, 3.8) is 0 Å². The molecule has 182 valence electrons. The van der Waals surface area contributed by atoms with Crippen LogP contribution in [-0.4, -0.2) is 41.1 Å². The van der Waals surface area contributed by atoms with E-state index in [-0.39, 0.29) is 17.7 Å². The molecule has 1 aliphatic heterocycles. The van der Waals surface area contributed by atoms with Crippen molar-refractivity contribution >= 4 is 17.5 Å². The van der Waals surface area contributed by atoms with Crippen molar-refractivity contribution in [3.05, 3.63) is 53.1 Å². The van der Waals surface area contributed by atoms with Gasteiger partial charge in [0.05, 0.1) is 36.1 Å². The molecule has 1 fully saturated rings. The smallest absolute Gasteiger partial charge is 0.257 e. The number of nitrogens with zero attached hydrogens (tertiary/aromatic N) is 1. The Morgan fingerprint density at radius 1 is 1.18 bits per heavy atom. The molecule has 34 heavy (non-hydrogen) atoms. The minimum absolute atomic E-state index is 0.0320. The van der Waals surface area contributed by atoms with Crippen molar-refractivity contribution in [3.8, 4) is 11.5 Å². The average molecular weight is 467 g/mol. The van der Waals surface area contributed by atoms with Crippen LogP contribution in [0.15, 0.2) is 36.4 Å². The normalized spacial score (nSPS) is 17.2. The Morgan fingerprint density at radius 2 is 1.91 bits per heavy atom. The summed E-state index contributed by atoms with van der Waals surface area (Å²) in [5.74, 6) is 1.04. The summed E-state index contributed by atoms with van der Waals surface area (Å²) in [6.45, 7) is 8.21. The van der Waals surface area contributed by atoms with Crippen LogP contribution in [0.4, 0.5) is 5.69 Å². The highest BCUT2D eigenvalue weighted by atomic mass is 16.5. The van der Waals surface area contributed by atoms with Crippen molar-refractivity contribution < 1.29 is 24.2 Å². The number of ether oxygens (including phenoxy) is 2. The highest BCUT2D eigenvalue weighted by Crippen LogP contribution is 2.45. The van der Waals surface area contributed by atoms with E-state index in [1.807, 2.05) is 44.2 Å². The Morgan fingerprint density at radius 3 is 2.53 bits per heavy atom. The van der Waals surface area contributed by atoms with E-state index in [9.17, 15) is 14.7 Å². The fraction of sp³-hybridized carbons (Fsp3) is 0.481. The second-order valence-electron chi connectivity index (χ2n) is 10.1. The van der Waals surface area contributed by atoms with Gasteiger partial charge in [-0.25, -0.2) is 0 Å². The van der Waals surface area contributed by atoms with E-state index in [0.717, 1.165) is 24.0 Å². The number of anilines is 1. The van der Waals surface area contributed by atoms with E-state index in [4.69, 9.17) is 9.47 Å². The topological polar surface area (TPSA) is 88.1 Å². The molecule has 2 aliphatic rings. The van der Waals surface area contributed by atoms with E-state index in [1.165, 1.54) is 0 Å². The number of benzene rings is 2. The predicted octanol–water partition coefficient (Wildman–Crippen LogP) is 4.47.